The van der Waals surface area contributed by atoms with Crippen molar-refractivity contribution in [3.63, 3.8) is 0 Å². The normalized spacial score (nSPS) is 21.1. The summed E-state index contributed by atoms with van der Waals surface area (Å²) in [4.78, 5) is 2.32. The molecule has 0 N–H and O–H groups in total. The van der Waals surface area contributed by atoms with E-state index in [-0.39, 0.29) is 5.82 Å². The molecule has 1 saturated heterocycles. The lowest BCUT2D eigenvalue weighted by molar-refractivity contribution is 0.278. The monoisotopic (exact) mass is 250 g/mol. The lowest BCUT2D eigenvalue weighted by Crippen LogP contribution is -2.36. The summed E-state index contributed by atoms with van der Waals surface area (Å²) < 4.78 is 13.3. The van der Waals surface area contributed by atoms with E-state index in [1.54, 1.807) is 6.07 Å². The molecule has 0 saturated carbocycles. The predicted octanol–water partition coefficient (Wildman–Crippen LogP) is 2.63. The van der Waals surface area contributed by atoms with Crippen molar-refractivity contribution in [1.82, 2.24) is 4.90 Å². The van der Waals surface area contributed by atoms with Crippen LogP contribution in [0.1, 0.15) is 18.1 Å². The summed E-state index contributed by atoms with van der Waals surface area (Å²) in [5.74, 6) is 0.806. The van der Waals surface area contributed by atoms with Gasteiger partial charge in [-0.15, -0.1) is 0 Å². The molecule has 1 heterocycles. The smallest absolute Gasteiger partial charge is 0.124 e. The Morgan fingerprint density at radius 1 is 1.53 bits per heavy atom. The van der Waals surface area contributed by atoms with E-state index in [0.29, 0.717) is 10.8 Å². The number of rotatable bonds is 2. The Balaban J connectivity index is 2.07. The van der Waals surface area contributed by atoms with E-state index in [1.807, 2.05) is 17.8 Å². The summed E-state index contributed by atoms with van der Waals surface area (Å²) in [6, 6.07) is 6.56. The minimum atomic E-state index is -0.321. The van der Waals surface area contributed by atoms with Gasteiger partial charge in [0.05, 0.1) is 11.6 Å². The van der Waals surface area contributed by atoms with E-state index in [1.165, 1.54) is 12.1 Å². The van der Waals surface area contributed by atoms with Crippen LogP contribution in [0, 0.1) is 17.1 Å². The van der Waals surface area contributed by atoms with Gasteiger partial charge in [-0.3, -0.25) is 4.90 Å². The molecule has 0 aromatic heterocycles. The molecular weight excluding hydrogens is 235 g/mol. The van der Waals surface area contributed by atoms with Crippen LogP contribution in [0.15, 0.2) is 18.2 Å². The summed E-state index contributed by atoms with van der Waals surface area (Å²) in [7, 11) is 0. The quantitative estimate of drug-likeness (QED) is 0.807. The zero-order valence-electron chi connectivity index (χ0n) is 9.82. The molecule has 0 aliphatic carbocycles. The number of hydrogen-bond acceptors (Lipinski definition) is 3. The Morgan fingerprint density at radius 2 is 2.35 bits per heavy atom. The number of halogens is 1. The van der Waals surface area contributed by atoms with Crippen LogP contribution in [-0.2, 0) is 6.54 Å². The molecular formula is C13H15FN2S. The number of benzene rings is 1. The van der Waals surface area contributed by atoms with Crippen LogP contribution in [-0.4, -0.2) is 29.0 Å². The molecule has 0 amide bonds. The van der Waals surface area contributed by atoms with Crippen molar-refractivity contribution in [2.24, 2.45) is 0 Å². The van der Waals surface area contributed by atoms with Gasteiger partial charge in [0.25, 0.3) is 0 Å². The van der Waals surface area contributed by atoms with Crippen molar-refractivity contribution in [3.8, 4) is 6.07 Å². The molecule has 2 rings (SSSR count). The molecule has 1 aromatic carbocycles. The van der Waals surface area contributed by atoms with Gasteiger partial charge < -0.3 is 0 Å². The average Bonchev–Trinajstić information content (AvgIpc) is 2.28. The van der Waals surface area contributed by atoms with Crippen molar-refractivity contribution < 1.29 is 4.39 Å². The third kappa shape index (κ3) is 3.45. The highest BCUT2D eigenvalue weighted by atomic mass is 32.2. The highest BCUT2D eigenvalue weighted by Crippen LogP contribution is 2.20. The molecule has 1 fully saturated rings. The van der Waals surface area contributed by atoms with Gasteiger partial charge in [-0.2, -0.15) is 17.0 Å². The second-order valence-electron chi connectivity index (χ2n) is 4.38. The zero-order valence-corrected chi connectivity index (χ0v) is 10.6. The maximum atomic E-state index is 13.3. The molecule has 2 nitrogen and oxygen atoms in total. The van der Waals surface area contributed by atoms with E-state index in [9.17, 15) is 4.39 Å². The third-order valence-corrected chi connectivity index (χ3v) is 3.95. The molecule has 1 aliphatic heterocycles. The van der Waals surface area contributed by atoms with Crippen LogP contribution in [0.3, 0.4) is 0 Å². The molecule has 90 valence electrons. The Morgan fingerprint density at radius 3 is 3.06 bits per heavy atom. The summed E-state index contributed by atoms with van der Waals surface area (Å²) in [5.41, 5.74) is 1.29. The standard InChI is InChI=1S/C13H15FN2S/c1-10-8-16(2-3-17-10)9-12-4-11(7-15)5-13(14)6-12/h4-6,10H,2-3,8-9H2,1H3. The first-order valence-corrected chi connectivity index (χ1v) is 6.76. The van der Waals surface area contributed by atoms with Gasteiger partial charge in [-0.05, 0) is 23.8 Å². The lowest BCUT2D eigenvalue weighted by atomic mass is 10.1. The first-order chi connectivity index (χ1) is 8.17. The molecule has 1 aromatic rings. The summed E-state index contributed by atoms with van der Waals surface area (Å²) >= 11 is 1.98. The Kier molecular flexibility index (Phi) is 4.03. The zero-order chi connectivity index (χ0) is 12.3. The largest absolute Gasteiger partial charge is 0.297 e. The van der Waals surface area contributed by atoms with Gasteiger partial charge >= 0.3 is 0 Å². The summed E-state index contributed by atoms with van der Waals surface area (Å²) in [6.07, 6.45) is 0. The van der Waals surface area contributed by atoms with Crippen LogP contribution < -0.4 is 0 Å². The van der Waals surface area contributed by atoms with Crippen LogP contribution in [0.5, 0.6) is 0 Å². The average molecular weight is 250 g/mol. The molecule has 1 atom stereocenters. The Hall–Kier alpha value is -1.05. The minimum absolute atomic E-state index is 0.321. The first-order valence-electron chi connectivity index (χ1n) is 5.71. The lowest BCUT2D eigenvalue weighted by Gasteiger charge is -2.30. The van der Waals surface area contributed by atoms with Crippen LogP contribution >= 0.6 is 11.8 Å². The van der Waals surface area contributed by atoms with Gasteiger partial charge in [-0.1, -0.05) is 6.92 Å². The van der Waals surface area contributed by atoms with Crippen molar-refractivity contribution >= 4 is 11.8 Å². The molecule has 0 bridgehead atoms. The predicted molar refractivity (Wildman–Crippen MR) is 68.3 cm³/mol. The minimum Gasteiger partial charge on any atom is -0.297 e. The van der Waals surface area contributed by atoms with Crippen molar-refractivity contribution in [2.75, 3.05) is 18.8 Å². The Bertz CT molecular complexity index is 442. The number of nitrogens with zero attached hydrogens (tertiary/aromatic N) is 2. The van der Waals surface area contributed by atoms with Crippen LogP contribution in [0.25, 0.3) is 0 Å². The third-order valence-electron chi connectivity index (χ3n) is 2.82. The van der Waals surface area contributed by atoms with Gasteiger partial charge in [0, 0.05) is 30.6 Å². The van der Waals surface area contributed by atoms with Crippen molar-refractivity contribution in [1.29, 1.82) is 5.26 Å². The second kappa shape index (κ2) is 5.52. The molecule has 17 heavy (non-hydrogen) atoms. The van der Waals surface area contributed by atoms with Gasteiger partial charge in [-0.25, -0.2) is 4.39 Å². The van der Waals surface area contributed by atoms with E-state index in [4.69, 9.17) is 5.26 Å². The SMILES string of the molecule is CC1CN(Cc2cc(F)cc(C#N)c2)CCS1. The highest BCUT2D eigenvalue weighted by Gasteiger charge is 2.16. The summed E-state index contributed by atoms with van der Waals surface area (Å²) in [5, 5.41) is 9.43. The highest BCUT2D eigenvalue weighted by molar-refractivity contribution is 7.99. The first kappa shape index (κ1) is 12.4. The van der Waals surface area contributed by atoms with E-state index in [0.717, 1.165) is 31.0 Å². The van der Waals surface area contributed by atoms with Crippen LogP contribution in [0.2, 0.25) is 0 Å². The fourth-order valence-corrected chi connectivity index (χ4v) is 3.18. The fraction of sp³-hybridized carbons (Fsp3) is 0.462. The molecule has 0 radical (unpaired) electrons. The van der Waals surface area contributed by atoms with Crippen molar-refractivity contribution in [2.45, 2.75) is 18.7 Å². The number of nitriles is 1. The van der Waals surface area contributed by atoms with Gasteiger partial charge in [0.2, 0.25) is 0 Å². The van der Waals surface area contributed by atoms with E-state index >= 15 is 0 Å². The number of thioether (sulfide) groups is 1. The Labute approximate surface area is 105 Å². The number of hydrogen-bond donors (Lipinski definition) is 0. The van der Waals surface area contributed by atoms with Gasteiger partial charge in [0.15, 0.2) is 0 Å². The van der Waals surface area contributed by atoms with E-state index < -0.39 is 0 Å². The maximum Gasteiger partial charge on any atom is 0.124 e. The fourth-order valence-electron chi connectivity index (χ4n) is 2.10. The van der Waals surface area contributed by atoms with Crippen molar-refractivity contribution in [3.05, 3.63) is 35.1 Å². The molecule has 4 heteroatoms. The van der Waals surface area contributed by atoms with Crippen LogP contribution in [0.4, 0.5) is 4.39 Å². The maximum absolute atomic E-state index is 13.3. The summed E-state index contributed by atoms with van der Waals surface area (Å²) in [6.45, 7) is 5.01. The van der Waals surface area contributed by atoms with E-state index in [2.05, 4.69) is 11.8 Å². The second-order valence-corrected chi connectivity index (χ2v) is 5.92. The molecule has 0 spiro atoms. The molecule has 1 aliphatic rings. The van der Waals surface area contributed by atoms with Gasteiger partial charge in [0.1, 0.15) is 5.82 Å². The molecule has 1 unspecified atom stereocenters. The topological polar surface area (TPSA) is 27.0 Å².